The average Bonchev–Trinajstić information content (AvgIpc) is 2.81. The molecule has 3 aromatic rings. The molecular weight excluding hydrogens is 392 g/mol. The van der Waals surface area contributed by atoms with Crippen molar-refractivity contribution in [2.45, 2.75) is 6.54 Å². The molecule has 2 N–H and O–H groups in total. The molecule has 0 bridgehead atoms. The Morgan fingerprint density at radius 3 is 2.48 bits per heavy atom. The first-order chi connectivity index (χ1) is 15.1. The van der Waals surface area contributed by atoms with Gasteiger partial charge in [-0.1, -0.05) is 36.4 Å². The fourth-order valence-electron chi connectivity index (χ4n) is 2.62. The van der Waals surface area contributed by atoms with E-state index in [9.17, 15) is 14.9 Å². The van der Waals surface area contributed by atoms with Crippen LogP contribution in [0.15, 0.2) is 84.7 Å². The van der Waals surface area contributed by atoms with E-state index in [1.165, 1.54) is 6.08 Å². The maximum absolute atomic E-state index is 12.3. The van der Waals surface area contributed by atoms with Crippen LogP contribution >= 0.6 is 0 Å². The van der Waals surface area contributed by atoms with Crippen molar-refractivity contribution in [3.63, 3.8) is 0 Å². The zero-order valence-corrected chi connectivity index (χ0v) is 16.6. The second-order valence-corrected chi connectivity index (χ2v) is 6.49. The van der Waals surface area contributed by atoms with Gasteiger partial charge >= 0.3 is 0 Å². The van der Waals surface area contributed by atoms with Gasteiger partial charge in [-0.15, -0.1) is 0 Å². The van der Waals surface area contributed by atoms with Gasteiger partial charge in [0.2, 0.25) is 0 Å². The second kappa shape index (κ2) is 10.9. The number of anilines is 1. The molecule has 0 saturated carbocycles. The van der Waals surface area contributed by atoms with Crippen molar-refractivity contribution in [3.05, 3.63) is 95.8 Å². The highest BCUT2D eigenvalue weighted by molar-refractivity contribution is 6.01. The van der Waals surface area contributed by atoms with Gasteiger partial charge in [0.25, 0.3) is 11.8 Å². The topological polar surface area (TPSA) is 104 Å². The normalized spacial score (nSPS) is 10.6. The van der Waals surface area contributed by atoms with Gasteiger partial charge in [0.15, 0.2) is 6.61 Å². The number of hydrogen-bond acceptors (Lipinski definition) is 5. The molecule has 0 saturated heterocycles. The third kappa shape index (κ3) is 6.84. The van der Waals surface area contributed by atoms with Gasteiger partial charge in [-0.05, 0) is 47.5 Å². The van der Waals surface area contributed by atoms with Gasteiger partial charge < -0.3 is 15.4 Å². The predicted octanol–water partition coefficient (Wildman–Crippen LogP) is 3.32. The number of amides is 2. The Hall–Kier alpha value is -4.44. The number of carbonyl (C=O) groups excluding carboxylic acids is 2. The molecular formula is C24H20N4O3. The Bertz CT molecular complexity index is 1090. The van der Waals surface area contributed by atoms with E-state index in [2.05, 4.69) is 15.6 Å². The van der Waals surface area contributed by atoms with E-state index in [-0.39, 0.29) is 24.6 Å². The lowest BCUT2D eigenvalue weighted by atomic mass is 10.1. The number of nitriles is 1. The number of pyridine rings is 1. The smallest absolute Gasteiger partial charge is 0.262 e. The zero-order chi connectivity index (χ0) is 21.9. The summed E-state index contributed by atoms with van der Waals surface area (Å²) < 4.78 is 5.48. The highest BCUT2D eigenvalue weighted by Crippen LogP contribution is 2.15. The Balaban J connectivity index is 1.53. The molecule has 31 heavy (non-hydrogen) atoms. The maximum Gasteiger partial charge on any atom is 0.262 e. The van der Waals surface area contributed by atoms with Gasteiger partial charge in [-0.3, -0.25) is 14.6 Å². The molecule has 0 atom stereocenters. The third-order valence-electron chi connectivity index (χ3n) is 4.16. The summed E-state index contributed by atoms with van der Waals surface area (Å²) in [6, 6.07) is 21.4. The van der Waals surface area contributed by atoms with Crippen LogP contribution in [0.2, 0.25) is 0 Å². The summed E-state index contributed by atoms with van der Waals surface area (Å²) in [5.74, 6) is -0.239. The molecule has 3 rings (SSSR count). The lowest BCUT2D eigenvalue weighted by Crippen LogP contribution is -2.24. The highest BCUT2D eigenvalue weighted by atomic mass is 16.5. The van der Waals surface area contributed by atoms with Crippen LogP contribution in [-0.4, -0.2) is 23.4 Å². The highest BCUT2D eigenvalue weighted by Gasteiger charge is 2.09. The van der Waals surface area contributed by atoms with Crippen molar-refractivity contribution in [2.75, 3.05) is 11.9 Å². The summed E-state index contributed by atoms with van der Waals surface area (Å²) >= 11 is 0. The SMILES string of the molecule is N#C/C(=C\c1ccc(OCC(=O)Nc2ccccc2)cc1)C(=O)NCc1cccnc1. The van der Waals surface area contributed by atoms with E-state index in [1.807, 2.05) is 30.3 Å². The van der Waals surface area contributed by atoms with E-state index in [4.69, 9.17) is 4.74 Å². The first kappa shape index (κ1) is 21.3. The number of benzene rings is 2. The first-order valence-corrected chi connectivity index (χ1v) is 9.51. The summed E-state index contributed by atoms with van der Waals surface area (Å²) in [5.41, 5.74) is 2.18. The lowest BCUT2D eigenvalue weighted by molar-refractivity contribution is -0.118. The summed E-state index contributed by atoms with van der Waals surface area (Å²) in [6.07, 6.45) is 4.79. The molecule has 0 aliphatic heterocycles. The van der Waals surface area contributed by atoms with Gasteiger partial charge in [-0.25, -0.2) is 0 Å². The number of carbonyl (C=O) groups is 2. The van der Waals surface area contributed by atoms with Crippen LogP contribution in [0.1, 0.15) is 11.1 Å². The molecule has 0 unspecified atom stereocenters. The van der Waals surface area contributed by atoms with E-state index < -0.39 is 5.91 Å². The molecule has 0 radical (unpaired) electrons. The van der Waals surface area contributed by atoms with Crippen molar-refractivity contribution in [1.82, 2.24) is 10.3 Å². The minimum atomic E-state index is -0.468. The van der Waals surface area contributed by atoms with Crippen LogP contribution in [0, 0.1) is 11.3 Å². The quantitative estimate of drug-likeness (QED) is 0.436. The number of nitrogens with zero attached hydrogens (tertiary/aromatic N) is 2. The summed E-state index contributed by atoms with van der Waals surface area (Å²) in [7, 11) is 0. The number of rotatable bonds is 8. The lowest BCUT2D eigenvalue weighted by Gasteiger charge is -2.08. The molecule has 7 nitrogen and oxygen atoms in total. The largest absolute Gasteiger partial charge is 0.484 e. The van der Waals surface area contributed by atoms with Crippen LogP contribution in [0.5, 0.6) is 5.75 Å². The van der Waals surface area contributed by atoms with Gasteiger partial charge in [0.1, 0.15) is 17.4 Å². The van der Waals surface area contributed by atoms with Crippen LogP contribution in [-0.2, 0) is 16.1 Å². The molecule has 0 spiro atoms. The molecule has 0 aliphatic carbocycles. The standard InChI is InChI=1S/C24H20N4O3/c25-14-20(24(30)27-16-19-5-4-12-26-15-19)13-18-8-10-22(11-9-18)31-17-23(29)28-21-6-2-1-3-7-21/h1-13,15H,16-17H2,(H,27,30)(H,28,29)/b20-13+. The number of nitrogens with one attached hydrogen (secondary N) is 2. The van der Waals surface area contributed by atoms with Gasteiger partial charge in [-0.2, -0.15) is 5.26 Å². The van der Waals surface area contributed by atoms with E-state index >= 15 is 0 Å². The molecule has 2 amide bonds. The van der Waals surface area contributed by atoms with Crippen molar-refractivity contribution in [2.24, 2.45) is 0 Å². The fraction of sp³-hybridized carbons (Fsp3) is 0.0833. The minimum Gasteiger partial charge on any atom is -0.484 e. The molecule has 154 valence electrons. The summed E-state index contributed by atoms with van der Waals surface area (Å²) in [5, 5.41) is 14.7. The van der Waals surface area contributed by atoms with Gasteiger partial charge in [0.05, 0.1) is 0 Å². The second-order valence-electron chi connectivity index (χ2n) is 6.49. The van der Waals surface area contributed by atoms with Crippen molar-refractivity contribution in [1.29, 1.82) is 5.26 Å². The van der Waals surface area contributed by atoms with E-state index in [0.717, 1.165) is 5.56 Å². The number of hydrogen-bond donors (Lipinski definition) is 2. The number of aromatic nitrogens is 1. The fourth-order valence-corrected chi connectivity index (χ4v) is 2.62. The molecule has 1 heterocycles. The van der Waals surface area contributed by atoms with Gasteiger partial charge in [0, 0.05) is 24.6 Å². The molecule has 1 aromatic heterocycles. The van der Waals surface area contributed by atoms with Crippen LogP contribution < -0.4 is 15.4 Å². The van der Waals surface area contributed by atoms with Crippen LogP contribution in [0.4, 0.5) is 5.69 Å². The average molecular weight is 412 g/mol. The van der Waals surface area contributed by atoms with Crippen LogP contribution in [0.3, 0.4) is 0 Å². The van der Waals surface area contributed by atoms with Crippen molar-refractivity contribution >= 4 is 23.6 Å². The molecule has 2 aromatic carbocycles. The number of ether oxygens (including phenoxy) is 1. The predicted molar refractivity (Wildman–Crippen MR) is 117 cm³/mol. The minimum absolute atomic E-state index is 0.0141. The Morgan fingerprint density at radius 1 is 1.03 bits per heavy atom. The van der Waals surface area contributed by atoms with E-state index in [0.29, 0.717) is 17.0 Å². The Kier molecular flexibility index (Phi) is 7.50. The Morgan fingerprint density at radius 2 is 1.81 bits per heavy atom. The van der Waals surface area contributed by atoms with Crippen molar-refractivity contribution in [3.8, 4) is 11.8 Å². The zero-order valence-electron chi connectivity index (χ0n) is 16.6. The summed E-state index contributed by atoms with van der Waals surface area (Å²) in [6.45, 7) is 0.147. The molecule has 7 heteroatoms. The van der Waals surface area contributed by atoms with Crippen molar-refractivity contribution < 1.29 is 14.3 Å². The monoisotopic (exact) mass is 412 g/mol. The first-order valence-electron chi connectivity index (χ1n) is 9.51. The third-order valence-corrected chi connectivity index (χ3v) is 4.16. The Labute approximate surface area is 180 Å². The number of para-hydroxylation sites is 1. The molecule has 0 aliphatic rings. The van der Waals surface area contributed by atoms with E-state index in [1.54, 1.807) is 54.9 Å². The maximum atomic E-state index is 12.3. The molecule has 0 fully saturated rings. The van der Waals surface area contributed by atoms with Crippen LogP contribution in [0.25, 0.3) is 6.08 Å². The summed E-state index contributed by atoms with van der Waals surface area (Å²) in [4.78, 5) is 28.2.